The van der Waals surface area contributed by atoms with Gasteiger partial charge in [0.2, 0.25) is 0 Å². The van der Waals surface area contributed by atoms with E-state index in [4.69, 9.17) is 13.8 Å². The van der Waals surface area contributed by atoms with Gasteiger partial charge in [0, 0.05) is 60.8 Å². The predicted molar refractivity (Wildman–Crippen MR) is 232 cm³/mol. The van der Waals surface area contributed by atoms with Crippen LogP contribution in [0.1, 0.15) is 29.0 Å². The van der Waals surface area contributed by atoms with Crippen molar-refractivity contribution < 1.29 is 8.83 Å². The average molecular weight is 735 g/mol. The van der Waals surface area contributed by atoms with Crippen molar-refractivity contribution in [1.29, 1.82) is 0 Å². The van der Waals surface area contributed by atoms with E-state index in [0.29, 0.717) is 0 Å². The summed E-state index contributed by atoms with van der Waals surface area (Å²) >= 11 is 0. The Morgan fingerprint density at radius 1 is 0.491 bits per heavy atom. The van der Waals surface area contributed by atoms with E-state index in [9.17, 15) is 0 Å². The molecule has 57 heavy (non-hydrogen) atoms. The standard InChI is InChI=1S/C51H34N4O2/c1-3-13-31(14-4-1)49-52-50(32-15-5-2-6-16-32)54-51(53-49)40-21-12-24-45-47(40)39-20-11-19-35(48(39)57-45)33-25-28-44-41(29-33)38-27-26-34(30-46(38)56-44)55-42-22-9-7-17-36(42)37-18-8-10-23-43(37)55/h1-30,49,51,53H,(H,52,54). The molecular weight excluding hydrogens is 701 g/mol. The van der Waals surface area contributed by atoms with E-state index >= 15 is 0 Å². The molecule has 11 aromatic rings. The summed E-state index contributed by atoms with van der Waals surface area (Å²) in [6.07, 6.45) is -0.455. The number of aromatic nitrogens is 1. The molecule has 3 aromatic heterocycles. The van der Waals surface area contributed by atoms with E-state index in [1.165, 1.54) is 21.8 Å². The fourth-order valence-electron chi connectivity index (χ4n) is 8.88. The Hall–Kier alpha value is -7.41. The molecule has 270 valence electrons. The van der Waals surface area contributed by atoms with Crippen molar-refractivity contribution in [3.8, 4) is 16.8 Å². The highest BCUT2D eigenvalue weighted by molar-refractivity contribution is 6.14. The van der Waals surface area contributed by atoms with Crippen LogP contribution >= 0.6 is 0 Å². The summed E-state index contributed by atoms with van der Waals surface area (Å²) < 4.78 is 15.7. The molecule has 0 bridgehead atoms. The molecule has 8 aromatic carbocycles. The molecule has 6 nitrogen and oxygen atoms in total. The Balaban J connectivity index is 0.960. The molecule has 0 aliphatic carbocycles. The molecule has 2 atom stereocenters. The van der Waals surface area contributed by atoms with Crippen LogP contribution in [0.15, 0.2) is 196 Å². The minimum absolute atomic E-state index is 0.225. The Bertz CT molecular complexity index is 3320. The van der Waals surface area contributed by atoms with Crippen LogP contribution in [-0.2, 0) is 0 Å². The first-order valence-corrected chi connectivity index (χ1v) is 19.4. The second kappa shape index (κ2) is 12.6. The molecule has 2 N–H and O–H groups in total. The molecule has 4 heterocycles. The zero-order valence-corrected chi connectivity index (χ0v) is 30.7. The number of nitrogens with zero attached hydrogens (tertiary/aromatic N) is 2. The smallest absolute Gasteiger partial charge is 0.143 e. The number of para-hydroxylation sites is 3. The number of hydrogen-bond acceptors (Lipinski definition) is 5. The summed E-state index contributed by atoms with van der Waals surface area (Å²) in [7, 11) is 0. The normalized spacial score (nSPS) is 15.9. The van der Waals surface area contributed by atoms with Crippen LogP contribution < -0.4 is 10.6 Å². The van der Waals surface area contributed by atoms with E-state index in [1.54, 1.807) is 0 Å². The van der Waals surface area contributed by atoms with Crippen LogP contribution in [0.2, 0.25) is 0 Å². The van der Waals surface area contributed by atoms with Gasteiger partial charge >= 0.3 is 0 Å². The maximum absolute atomic E-state index is 6.79. The largest absolute Gasteiger partial charge is 0.456 e. The lowest BCUT2D eigenvalue weighted by Gasteiger charge is -2.32. The van der Waals surface area contributed by atoms with Crippen molar-refractivity contribution in [3.05, 3.63) is 199 Å². The quantitative estimate of drug-likeness (QED) is 0.185. The van der Waals surface area contributed by atoms with Crippen LogP contribution in [0.4, 0.5) is 0 Å². The van der Waals surface area contributed by atoms with Gasteiger partial charge in [0.1, 0.15) is 40.5 Å². The average Bonchev–Trinajstić information content (AvgIpc) is 3.96. The van der Waals surface area contributed by atoms with Gasteiger partial charge in [0.05, 0.1) is 11.0 Å². The first-order chi connectivity index (χ1) is 28.2. The monoisotopic (exact) mass is 734 g/mol. The van der Waals surface area contributed by atoms with E-state index in [1.807, 2.05) is 24.3 Å². The lowest BCUT2D eigenvalue weighted by Crippen LogP contribution is -2.45. The molecule has 0 amide bonds. The topological polar surface area (TPSA) is 67.6 Å². The maximum atomic E-state index is 6.79. The van der Waals surface area contributed by atoms with Crippen molar-refractivity contribution in [1.82, 2.24) is 15.2 Å². The van der Waals surface area contributed by atoms with Crippen molar-refractivity contribution in [2.45, 2.75) is 12.3 Å². The fourth-order valence-corrected chi connectivity index (χ4v) is 8.88. The highest BCUT2D eigenvalue weighted by Gasteiger charge is 2.28. The van der Waals surface area contributed by atoms with E-state index in [2.05, 4.69) is 173 Å². The van der Waals surface area contributed by atoms with Gasteiger partial charge in [0.15, 0.2) is 0 Å². The number of benzene rings is 8. The second-order valence-corrected chi connectivity index (χ2v) is 14.8. The number of hydrogen-bond donors (Lipinski definition) is 2. The summed E-state index contributed by atoms with van der Waals surface area (Å²) in [5.41, 5.74) is 12.2. The van der Waals surface area contributed by atoms with Crippen LogP contribution in [0.3, 0.4) is 0 Å². The van der Waals surface area contributed by atoms with Crippen molar-refractivity contribution in [2.75, 3.05) is 0 Å². The SMILES string of the molecule is c1ccc(C2=NC(c3ccccc3)NC(c3cccc4oc5c(-c6ccc7oc8cc(-n9c%10ccccc%10c%10ccccc%109)ccc8c7c6)cccc5c34)N2)cc1. The zero-order valence-electron chi connectivity index (χ0n) is 30.7. The predicted octanol–water partition coefficient (Wildman–Crippen LogP) is 12.6. The molecule has 1 aliphatic rings. The van der Waals surface area contributed by atoms with E-state index in [-0.39, 0.29) is 12.3 Å². The molecule has 0 fully saturated rings. The lowest BCUT2D eigenvalue weighted by atomic mass is 9.98. The third kappa shape index (κ3) is 5.04. The number of fused-ring (bicyclic) bond motifs is 9. The molecule has 0 radical (unpaired) electrons. The lowest BCUT2D eigenvalue weighted by molar-refractivity contribution is 0.411. The van der Waals surface area contributed by atoms with E-state index in [0.717, 1.165) is 83.2 Å². The summed E-state index contributed by atoms with van der Waals surface area (Å²) in [4.78, 5) is 5.13. The summed E-state index contributed by atoms with van der Waals surface area (Å²) in [5, 5.41) is 14.3. The van der Waals surface area contributed by atoms with Gasteiger partial charge in [-0.2, -0.15) is 0 Å². The number of furan rings is 2. The minimum atomic E-state index is -0.230. The molecule has 0 spiro atoms. The van der Waals surface area contributed by atoms with Crippen molar-refractivity contribution >= 4 is 71.5 Å². The molecule has 0 saturated heterocycles. The summed E-state index contributed by atoms with van der Waals surface area (Å²) in [5.74, 6) is 0.849. The number of nitrogens with one attached hydrogen (secondary N) is 2. The van der Waals surface area contributed by atoms with Crippen LogP contribution in [0.25, 0.3) is 82.5 Å². The zero-order chi connectivity index (χ0) is 37.5. The Kier molecular flexibility index (Phi) is 7.03. The second-order valence-electron chi connectivity index (χ2n) is 14.8. The first-order valence-electron chi connectivity index (χ1n) is 19.4. The molecule has 2 unspecified atom stereocenters. The Morgan fingerprint density at radius 3 is 2.02 bits per heavy atom. The van der Waals surface area contributed by atoms with Gasteiger partial charge in [-0.25, -0.2) is 4.99 Å². The van der Waals surface area contributed by atoms with Gasteiger partial charge < -0.3 is 18.7 Å². The van der Waals surface area contributed by atoms with Gasteiger partial charge in [0.25, 0.3) is 0 Å². The first kappa shape index (κ1) is 31.9. The van der Waals surface area contributed by atoms with Gasteiger partial charge in [-0.15, -0.1) is 0 Å². The van der Waals surface area contributed by atoms with Gasteiger partial charge in [-0.05, 0) is 53.6 Å². The number of amidine groups is 1. The molecule has 6 heteroatoms. The van der Waals surface area contributed by atoms with Crippen molar-refractivity contribution in [2.24, 2.45) is 4.99 Å². The number of aliphatic imine (C=N–C) groups is 1. The molecule has 12 rings (SSSR count). The molecule has 0 saturated carbocycles. The third-order valence-electron chi connectivity index (χ3n) is 11.5. The summed E-state index contributed by atoms with van der Waals surface area (Å²) in [6.45, 7) is 0. The van der Waals surface area contributed by atoms with Crippen molar-refractivity contribution in [3.63, 3.8) is 0 Å². The number of rotatable bonds is 5. The highest BCUT2D eigenvalue weighted by atomic mass is 16.3. The summed E-state index contributed by atoms with van der Waals surface area (Å²) in [6, 6.07) is 63.7. The van der Waals surface area contributed by atoms with Gasteiger partial charge in [-0.1, -0.05) is 133 Å². The van der Waals surface area contributed by atoms with E-state index < -0.39 is 0 Å². The van der Waals surface area contributed by atoms with Crippen LogP contribution in [-0.4, -0.2) is 10.4 Å². The Morgan fingerprint density at radius 2 is 1.21 bits per heavy atom. The van der Waals surface area contributed by atoms with Gasteiger partial charge in [-0.3, -0.25) is 5.32 Å². The minimum Gasteiger partial charge on any atom is -0.456 e. The molecule has 1 aliphatic heterocycles. The third-order valence-corrected chi connectivity index (χ3v) is 11.5. The fraction of sp³-hybridized carbons (Fsp3) is 0.0392. The molecular formula is C51H34N4O2. The maximum Gasteiger partial charge on any atom is 0.143 e. The Labute approximate surface area is 327 Å². The highest BCUT2D eigenvalue weighted by Crippen LogP contribution is 2.42. The van der Waals surface area contributed by atoms with Crippen LogP contribution in [0, 0.1) is 0 Å². The van der Waals surface area contributed by atoms with Crippen LogP contribution in [0.5, 0.6) is 0 Å².